The van der Waals surface area contributed by atoms with Gasteiger partial charge in [-0.2, -0.15) is 0 Å². The number of carbonyl (C=O) groups is 2. The number of rotatable bonds is 8. The maximum Gasteiger partial charge on any atom is 0.350 e. The van der Waals surface area contributed by atoms with Gasteiger partial charge in [-0.25, -0.2) is 4.79 Å². The average Bonchev–Trinajstić information content (AvgIpc) is 3.03. The molecule has 0 bridgehead atoms. The zero-order valence-corrected chi connectivity index (χ0v) is 17.8. The summed E-state index contributed by atoms with van der Waals surface area (Å²) >= 11 is 1.34. The molecule has 0 atom stereocenters. The number of hydrogen-bond donors (Lipinski definition) is 0. The third-order valence-electron chi connectivity index (χ3n) is 5.15. The molecule has 27 heavy (non-hydrogen) atoms. The van der Waals surface area contributed by atoms with Crippen LogP contribution in [0.15, 0.2) is 6.07 Å². The first kappa shape index (κ1) is 21.9. The van der Waals surface area contributed by atoms with Gasteiger partial charge in [0.05, 0.1) is 32.1 Å². The predicted octanol–water partition coefficient (Wildman–Crippen LogP) is 3.66. The largest absolute Gasteiger partial charge is 0.465 e. The van der Waals surface area contributed by atoms with E-state index in [0.717, 1.165) is 30.6 Å². The molecule has 2 rings (SSSR count). The van der Waals surface area contributed by atoms with Gasteiger partial charge in [0.1, 0.15) is 4.88 Å². The van der Waals surface area contributed by atoms with E-state index in [0.29, 0.717) is 29.7 Å². The Balaban J connectivity index is 2.43. The molecule has 6 nitrogen and oxygen atoms in total. The summed E-state index contributed by atoms with van der Waals surface area (Å²) in [7, 11) is 4.57. The Bertz CT molecular complexity index is 630. The summed E-state index contributed by atoms with van der Waals surface area (Å²) in [4.78, 5) is 29.0. The predicted molar refractivity (Wildman–Crippen MR) is 107 cm³/mol. The second-order valence-corrected chi connectivity index (χ2v) is 8.55. The lowest BCUT2D eigenvalue weighted by Crippen LogP contribution is -2.49. The van der Waals surface area contributed by atoms with Crippen LogP contribution in [0.25, 0.3) is 0 Å². The first-order valence-electron chi connectivity index (χ1n) is 9.42. The van der Waals surface area contributed by atoms with Crippen LogP contribution in [0.3, 0.4) is 0 Å². The first-order valence-corrected chi connectivity index (χ1v) is 10.2. The molecule has 0 aromatic carbocycles. The number of amides is 1. The first-order chi connectivity index (χ1) is 12.9. The molecule has 1 saturated carbocycles. The molecule has 1 aliphatic rings. The fraction of sp³-hybridized carbons (Fsp3) is 0.700. The van der Waals surface area contributed by atoms with E-state index < -0.39 is 5.97 Å². The van der Waals surface area contributed by atoms with E-state index in [2.05, 4.69) is 6.92 Å². The van der Waals surface area contributed by atoms with Gasteiger partial charge >= 0.3 is 5.97 Å². The van der Waals surface area contributed by atoms with Gasteiger partial charge in [0.2, 0.25) is 5.91 Å². The van der Waals surface area contributed by atoms with Gasteiger partial charge in [0.25, 0.3) is 0 Å². The molecule has 0 saturated heterocycles. The SMILES string of the molecule is COCC(COC)N(C(=O)C1CCC(C)CC1)c1cc(C)sc1C(=O)OC. The lowest BCUT2D eigenvalue weighted by atomic mass is 9.82. The summed E-state index contributed by atoms with van der Waals surface area (Å²) in [6, 6.07) is 1.59. The van der Waals surface area contributed by atoms with Crippen molar-refractivity contribution in [2.45, 2.75) is 45.6 Å². The highest BCUT2D eigenvalue weighted by Gasteiger charge is 2.36. The Morgan fingerprint density at radius 3 is 2.26 bits per heavy atom. The molecule has 0 aliphatic heterocycles. The molecule has 1 heterocycles. The number of carbonyl (C=O) groups excluding carboxylic acids is 2. The molecule has 0 unspecified atom stereocenters. The third kappa shape index (κ3) is 5.30. The number of anilines is 1. The molecular weight excluding hydrogens is 366 g/mol. The van der Waals surface area contributed by atoms with Gasteiger partial charge in [-0.1, -0.05) is 6.92 Å². The van der Waals surface area contributed by atoms with Gasteiger partial charge in [0, 0.05) is 25.0 Å². The Hall–Kier alpha value is -1.44. The minimum absolute atomic E-state index is 0.0388. The van der Waals surface area contributed by atoms with Crippen LogP contribution in [-0.4, -0.2) is 52.5 Å². The minimum Gasteiger partial charge on any atom is -0.465 e. The molecular formula is C20H31NO5S. The summed E-state index contributed by atoms with van der Waals surface area (Å²) in [5.74, 6) is 0.240. The van der Waals surface area contributed by atoms with Crippen molar-refractivity contribution in [2.24, 2.45) is 11.8 Å². The Kier molecular flexibility index (Phi) is 8.26. The van der Waals surface area contributed by atoms with Crippen LogP contribution in [0.5, 0.6) is 0 Å². The molecule has 152 valence electrons. The van der Waals surface area contributed by atoms with Crippen LogP contribution < -0.4 is 4.90 Å². The van der Waals surface area contributed by atoms with E-state index in [1.165, 1.54) is 18.4 Å². The zero-order valence-electron chi connectivity index (χ0n) is 16.9. The van der Waals surface area contributed by atoms with Crippen molar-refractivity contribution in [1.29, 1.82) is 0 Å². The van der Waals surface area contributed by atoms with Crippen LogP contribution in [0.2, 0.25) is 0 Å². The Morgan fingerprint density at radius 1 is 1.15 bits per heavy atom. The van der Waals surface area contributed by atoms with E-state index in [1.54, 1.807) is 19.1 Å². The van der Waals surface area contributed by atoms with E-state index in [-0.39, 0.29) is 17.9 Å². The lowest BCUT2D eigenvalue weighted by molar-refractivity contribution is -0.124. The van der Waals surface area contributed by atoms with Crippen LogP contribution in [-0.2, 0) is 19.0 Å². The number of nitrogens with zero attached hydrogens (tertiary/aromatic N) is 1. The van der Waals surface area contributed by atoms with Crippen LogP contribution in [0, 0.1) is 18.8 Å². The number of ether oxygens (including phenoxy) is 3. The maximum atomic E-state index is 13.5. The number of esters is 1. The lowest BCUT2D eigenvalue weighted by Gasteiger charge is -2.35. The molecule has 1 aromatic heterocycles. The number of aryl methyl sites for hydroxylation is 1. The summed E-state index contributed by atoms with van der Waals surface area (Å²) in [6.45, 7) is 4.82. The van der Waals surface area contributed by atoms with Crippen LogP contribution >= 0.6 is 11.3 Å². The van der Waals surface area contributed by atoms with Gasteiger partial charge in [-0.15, -0.1) is 11.3 Å². The molecule has 0 N–H and O–H groups in total. The van der Waals surface area contributed by atoms with Gasteiger partial charge < -0.3 is 19.1 Å². The maximum absolute atomic E-state index is 13.5. The molecule has 1 fully saturated rings. The van der Waals surface area contributed by atoms with Gasteiger partial charge in [-0.3, -0.25) is 4.79 Å². The highest BCUT2D eigenvalue weighted by atomic mass is 32.1. The van der Waals surface area contributed by atoms with Gasteiger partial charge in [0.15, 0.2) is 0 Å². The fourth-order valence-corrected chi connectivity index (χ4v) is 4.62. The normalized spacial score (nSPS) is 19.9. The van der Waals surface area contributed by atoms with Crippen molar-refractivity contribution in [1.82, 2.24) is 0 Å². The quantitative estimate of drug-likeness (QED) is 0.626. The molecule has 7 heteroatoms. The van der Waals surface area contributed by atoms with E-state index in [9.17, 15) is 9.59 Å². The van der Waals surface area contributed by atoms with Crippen molar-refractivity contribution in [3.63, 3.8) is 0 Å². The number of methoxy groups -OCH3 is 3. The molecule has 0 spiro atoms. The van der Waals surface area contributed by atoms with Crippen LogP contribution in [0.1, 0.15) is 47.2 Å². The highest BCUT2D eigenvalue weighted by Crippen LogP contribution is 2.36. The summed E-state index contributed by atoms with van der Waals surface area (Å²) in [6.07, 6.45) is 3.85. The van der Waals surface area contributed by atoms with Crippen molar-refractivity contribution < 1.29 is 23.8 Å². The van der Waals surface area contributed by atoms with E-state index >= 15 is 0 Å². The Labute approximate surface area is 165 Å². The van der Waals surface area contributed by atoms with E-state index in [1.807, 2.05) is 13.0 Å². The van der Waals surface area contributed by atoms with Crippen LogP contribution in [0.4, 0.5) is 5.69 Å². The highest BCUT2D eigenvalue weighted by molar-refractivity contribution is 7.14. The van der Waals surface area contributed by atoms with Crippen molar-refractivity contribution in [2.75, 3.05) is 39.4 Å². The average molecular weight is 398 g/mol. The van der Waals surface area contributed by atoms with Gasteiger partial charge in [-0.05, 0) is 44.6 Å². The minimum atomic E-state index is -0.424. The fourth-order valence-electron chi connectivity index (χ4n) is 3.70. The van der Waals surface area contributed by atoms with Crippen molar-refractivity contribution >= 4 is 28.9 Å². The second-order valence-electron chi connectivity index (χ2n) is 7.29. The number of thiophene rings is 1. The summed E-state index contributed by atoms with van der Waals surface area (Å²) in [5.41, 5.74) is 0.604. The monoisotopic (exact) mass is 397 g/mol. The molecule has 1 aromatic rings. The van der Waals surface area contributed by atoms with Crippen molar-refractivity contribution in [3.8, 4) is 0 Å². The Morgan fingerprint density at radius 2 is 1.74 bits per heavy atom. The molecule has 0 radical (unpaired) electrons. The van der Waals surface area contributed by atoms with E-state index in [4.69, 9.17) is 14.2 Å². The number of hydrogen-bond acceptors (Lipinski definition) is 6. The molecule has 1 aliphatic carbocycles. The second kappa shape index (κ2) is 10.2. The third-order valence-corrected chi connectivity index (χ3v) is 6.17. The topological polar surface area (TPSA) is 65.1 Å². The van der Waals surface area contributed by atoms with Crippen molar-refractivity contribution in [3.05, 3.63) is 15.8 Å². The summed E-state index contributed by atoms with van der Waals surface area (Å²) < 4.78 is 15.7. The summed E-state index contributed by atoms with van der Waals surface area (Å²) in [5, 5.41) is 0. The smallest absolute Gasteiger partial charge is 0.350 e. The zero-order chi connectivity index (χ0) is 20.0. The molecule has 1 amide bonds. The standard InChI is InChI=1S/C20H31NO5S/c1-13-6-8-15(9-7-13)19(22)21(16(11-24-3)12-25-4)17-10-14(2)27-18(17)20(23)26-5/h10,13,15-16H,6-9,11-12H2,1-5H3.